The highest BCUT2D eigenvalue weighted by atomic mass is 16.5. The van der Waals surface area contributed by atoms with Crippen molar-refractivity contribution in [1.29, 1.82) is 0 Å². The summed E-state index contributed by atoms with van der Waals surface area (Å²) in [5, 5.41) is 3.98. The van der Waals surface area contributed by atoms with Crippen LogP contribution in [0.5, 0.6) is 11.5 Å². The molecular formula is C22H25N5O4. The Hall–Kier alpha value is -3.62. The summed E-state index contributed by atoms with van der Waals surface area (Å²) in [5.74, 6) is 3.16. The van der Waals surface area contributed by atoms with Gasteiger partial charge in [-0.15, -0.1) is 0 Å². The molecule has 0 unspecified atom stereocenters. The molecule has 162 valence electrons. The molecule has 9 nitrogen and oxygen atoms in total. The highest BCUT2D eigenvalue weighted by molar-refractivity contribution is 5.95. The molecule has 1 aromatic carbocycles. The van der Waals surface area contributed by atoms with E-state index in [-0.39, 0.29) is 5.91 Å². The molecule has 1 fully saturated rings. The van der Waals surface area contributed by atoms with Gasteiger partial charge in [0, 0.05) is 56.0 Å². The molecule has 0 atom stereocenters. The third-order valence-electron chi connectivity index (χ3n) is 5.27. The minimum Gasteiger partial charge on any atom is -0.497 e. The number of methoxy groups -OCH3 is 2. The lowest BCUT2D eigenvalue weighted by atomic mass is 10.1. The number of carbonyl (C=O) groups excluding carboxylic acids is 1. The molecule has 0 N–H and O–H groups in total. The molecule has 1 saturated heterocycles. The molecule has 3 heterocycles. The summed E-state index contributed by atoms with van der Waals surface area (Å²) in [4.78, 5) is 25.8. The van der Waals surface area contributed by atoms with Crippen LogP contribution in [-0.4, -0.2) is 66.3 Å². The molecule has 0 spiro atoms. The molecule has 0 radical (unpaired) electrons. The molecule has 0 bridgehead atoms. The third kappa shape index (κ3) is 4.45. The topological polar surface area (TPSA) is 93.8 Å². The number of benzene rings is 1. The van der Waals surface area contributed by atoms with Crippen LogP contribution < -0.4 is 14.4 Å². The van der Waals surface area contributed by atoms with E-state index in [1.807, 2.05) is 24.0 Å². The summed E-state index contributed by atoms with van der Waals surface area (Å²) in [6.07, 6.45) is 2.45. The van der Waals surface area contributed by atoms with E-state index in [2.05, 4.69) is 20.0 Å². The second-order valence-electron chi connectivity index (χ2n) is 7.15. The van der Waals surface area contributed by atoms with Crippen LogP contribution in [0.25, 0.3) is 11.4 Å². The Kier molecular flexibility index (Phi) is 6.01. The Morgan fingerprint density at radius 2 is 1.77 bits per heavy atom. The van der Waals surface area contributed by atoms with E-state index in [1.54, 1.807) is 38.6 Å². The number of hydrogen-bond acceptors (Lipinski definition) is 8. The smallest absolute Gasteiger partial charge is 0.254 e. The first kappa shape index (κ1) is 20.6. The van der Waals surface area contributed by atoms with Gasteiger partial charge in [0.25, 0.3) is 5.91 Å². The van der Waals surface area contributed by atoms with Crippen molar-refractivity contribution in [3.05, 3.63) is 48.0 Å². The average molecular weight is 423 g/mol. The average Bonchev–Trinajstić information content (AvgIpc) is 3.33. The minimum atomic E-state index is -0.0380. The zero-order valence-corrected chi connectivity index (χ0v) is 17.9. The van der Waals surface area contributed by atoms with Gasteiger partial charge in [0.1, 0.15) is 17.3 Å². The largest absolute Gasteiger partial charge is 0.497 e. The number of aryl methyl sites for hydroxylation is 1. The lowest BCUT2D eigenvalue weighted by Gasteiger charge is -2.35. The van der Waals surface area contributed by atoms with Crippen LogP contribution in [0.4, 0.5) is 5.82 Å². The number of rotatable bonds is 6. The van der Waals surface area contributed by atoms with Crippen molar-refractivity contribution >= 4 is 11.7 Å². The van der Waals surface area contributed by atoms with Gasteiger partial charge in [-0.1, -0.05) is 12.1 Å². The minimum absolute atomic E-state index is 0.0380. The monoisotopic (exact) mass is 423 g/mol. The molecular weight excluding hydrogens is 398 g/mol. The second kappa shape index (κ2) is 9.03. The van der Waals surface area contributed by atoms with Crippen LogP contribution in [-0.2, 0) is 6.42 Å². The van der Waals surface area contributed by atoms with Crippen molar-refractivity contribution in [3.8, 4) is 22.9 Å². The summed E-state index contributed by atoms with van der Waals surface area (Å²) in [6.45, 7) is 4.57. The Labute approximate surface area is 180 Å². The van der Waals surface area contributed by atoms with Gasteiger partial charge < -0.3 is 23.8 Å². The summed E-state index contributed by atoms with van der Waals surface area (Å²) >= 11 is 0. The number of carbonyl (C=O) groups is 1. The molecule has 1 aliphatic rings. The number of hydrogen-bond donors (Lipinski definition) is 0. The number of aromatic nitrogens is 3. The number of pyridine rings is 1. The maximum Gasteiger partial charge on any atom is 0.254 e. The molecule has 31 heavy (non-hydrogen) atoms. The van der Waals surface area contributed by atoms with Gasteiger partial charge >= 0.3 is 0 Å². The number of amides is 1. The molecule has 2 aromatic heterocycles. The lowest BCUT2D eigenvalue weighted by molar-refractivity contribution is 0.0745. The first-order valence-electron chi connectivity index (χ1n) is 10.2. The van der Waals surface area contributed by atoms with Gasteiger partial charge in [-0.25, -0.2) is 4.98 Å². The molecule has 1 aliphatic heterocycles. The van der Waals surface area contributed by atoms with Crippen molar-refractivity contribution < 1.29 is 18.8 Å². The van der Waals surface area contributed by atoms with E-state index in [1.165, 1.54) is 0 Å². The summed E-state index contributed by atoms with van der Waals surface area (Å²) in [7, 11) is 3.14. The summed E-state index contributed by atoms with van der Waals surface area (Å²) in [5.41, 5.74) is 1.37. The maximum atomic E-state index is 13.0. The number of ether oxygens (including phenoxy) is 2. The number of nitrogens with zero attached hydrogens (tertiary/aromatic N) is 5. The van der Waals surface area contributed by atoms with Crippen molar-refractivity contribution in [3.63, 3.8) is 0 Å². The molecule has 0 saturated carbocycles. The zero-order chi connectivity index (χ0) is 21.8. The summed E-state index contributed by atoms with van der Waals surface area (Å²) in [6, 6.07) is 9.11. The molecule has 4 rings (SSSR count). The number of anilines is 1. The van der Waals surface area contributed by atoms with Gasteiger partial charge in [-0.2, -0.15) is 4.98 Å². The van der Waals surface area contributed by atoms with Gasteiger partial charge in [-0.3, -0.25) is 4.79 Å². The predicted octanol–water partition coefficient (Wildman–Crippen LogP) is 2.67. The number of piperazine rings is 1. The normalized spacial score (nSPS) is 13.9. The predicted molar refractivity (Wildman–Crippen MR) is 115 cm³/mol. The van der Waals surface area contributed by atoms with Crippen LogP contribution >= 0.6 is 0 Å². The van der Waals surface area contributed by atoms with Crippen molar-refractivity contribution in [1.82, 2.24) is 20.0 Å². The first-order valence-corrected chi connectivity index (χ1v) is 10.2. The molecule has 3 aromatic rings. The summed E-state index contributed by atoms with van der Waals surface area (Å²) < 4.78 is 15.7. The third-order valence-corrected chi connectivity index (χ3v) is 5.27. The van der Waals surface area contributed by atoms with Crippen LogP contribution in [0.2, 0.25) is 0 Å². The SMILES string of the molecule is CCc1nc(-c2ccc(N3CCN(C(=O)c4cc(OC)cc(OC)c4)CC3)nc2)no1. The Bertz CT molecular complexity index is 1020. The Balaban J connectivity index is 1.40. The zero-order valence-electron chi connectivity index (χ0n) is 17.9. The fourth-order valence-electron chi connectivity index (χ4n) is 3.47. The quantitative estimate of drug-likeness (QED) is 0.597. The van der Waals surface area contributed by atoms with Gasteiger partial charge in [0.05, 0.1) is 14.2 Å². The van der Waals surface area contributed by atoms with Gasteiger partial charge in [0.15, 0.2) is 0 Å². The Morgan fingerprint density at radius 3 is 2.32 bits per heavy atom. The van der Waals surface area contributed by atoms with E-state index in [0.717, 1.165) is 11.4 Å². The molecule has 0 aliphatic carbocycles. The van der Waals surface area contributed by atoms with Crippen LogP contribution in [0.1, 0.15) is 23.2 Å². The molecule has 9 heteroatoms. The second-order valence-corrected chi connectivity index (χ2v) is 7.15. The highest BCUT2D eigenvalue weighted by Gasteiger charge is 2.24. The van der Waals surface area contributed by atoms with E-state index >= 15 is 0 Å². The van der Waals surface area contributed by atoms with Gasteiger partial charge in [-0.05, 0) is 24.3 Å². The highest BCUT2D eigenvalue weighted by Crippen LogP contribution is 2.24. The van der Waals surface area contributed by atoms with E-state index < -0.39 is 0 Å². The molecule has 1 amide bonds. The fraction of sp³-hybridized carbons (Fsp3) is 0.364. The van der Waals surface area contributed by atoms with Gasteiger partial charge in [0.2, 0.25) is 11.7 Å². The first-order chi connectivity index (χ1) is 15.1. The van der Waals surface area contributed by atoms with Crippen LogP contribution in [0, 0.1) is 0 Å². The fourth-order valence-corrected chi connectivity index (χ4v) is 3.47. The van der Waals surface area contributed by atoms with Crippen molar-refractivity contribution in [2.45, 2.75) is 13.3 Å². The lowest BCUT2D eigenvalue weighted by Crippen LogP contribution is -2.49. The van der Waals surface area contributed by atoms with E-state index in [0.29, 0.717) is 61.4 Å². The van der Waals surface area contributed by atoms with Crippen LogP contribution in [0.3, 0.4) is 0 Å². The van der Waals surface area contributed by atoms with E-state index in [4.69, 9.17) is 14.0 Å². The maximum absolute atomic E-state index is 13.0. The van der Waals surface area contributed by atoms with Crippen molar-refractivity contribution in [2.24, 2.45) is 0 Å². The van der Waals surface area contributed by atoms with Crippen molar-refractivity contribution in [2.75, 3.05) is 45.3 Å². The Morgan fingerprint density at radius 1 is 1.06 bits per heavy atom. The van der Waals surface area contributed by atoms with E-state index in [9.17, 15) is 4.79 Å². The van der Waals surface area contributed by atoms with Crippen LogP contribution in [0.15, 0.2) is 41.1 Å². The standard InChI is InChI=1S/C22H25N5O4/c1-4-20-24-21(25-31-20)15-5-6-19(23-14-15)26-7-9-27(10-8-26)22(28)16-11-17(29-2)13-18(12-16)30-3/h5-6,11-14H,4,7-10H2,1-3H3.